The molecule has 2 atom stereocenters. The van der Waals surface area contributed by atoms with Crippen LogP contribution in [0, 0.1) is 5.82 Å². The Morgan fingerprint density at radius 1 is 1.14 bits per heavy atom. The third-order valence-electron chi connectivity index (χ3n) is 6.24. The van der Waals surface area contributed by atoms with Crippen molar-refractivity contribution in [2.24, 2.45) is 0 Å². The van der Waals surface area contributed by atoms with Gasteiger partial charge in [-0.3, -0.25) is 9.69 Å². The van der Waals surface area contributed by atoms with E-state index in [0.717, 1.165) is 12.6 Å². The minimum Gasteiger partial charge on any atom is -0.482 e. The van der Waals surface area contributed by atoms with Crippen LogP contribution in [0.4, 0.5) is 9.18 Å². The van der Waals surface area contributed by atoms with E-state index in [1.54, 1.807) is 24.0 Å². The fourth-order valence-corrected chi connectivity index (χ4v) is 5.61. The quantitative estimate of drug-likeness (QED) is 0.537. The topological polar surface area (TPSA) is 99.3 Å². The molecule has 1 aliphatic heterocycles. The number of urea groups is 1. The highest BCUT2D eigenvalue weighted by molar-refractivity contribution is 7.89. The largest absolute Gasteiger partial charge is 0.482 e. The van der Waals surface area contributed by atoms with Crippen LogP contribution < -0.4 is 10.1 Å². The van der Waals surface area contributed by atoms with Crippen molar-refractivity contribution >= 4 is 33.6 Å². The first-order chi connectivity index (χ1) is 17.4. The number of piperazine rings is 1. The second-order valence-electron chi connectivity index (χ2n) is 8.99. The molecule has 0 spiro atoms. The maximum Gasteiger partial charge on any atom is 0.331 e. The number of sulfonamides is 1. The molecule has 3 amide bonds. The normalized spacial score (nSPS) is 18.4. The standard InChI is InChI=1S/C25H32ClFN4O5S/c1-5-28-25(33)29(4)37(34,35)23-12-20(26)8-11-22(23)36-16-24(32)31-14-17(2)30(13-18(31)3)15-19-6-9-21(27)10-7-19/h6-12,17-18H,5,13-16H2,1-4H3,(H,28,33). The SMILES string of the molecule is CCNC(=O)N(C)S(=O)(=O)c1cc(Cl)ccc1OCC(=O)N1CC(C)N(Cc2ccc(F)cc2)CC1C. The average Bonchev–Trinajstić information content (AvgIpc) is 2.86. The van der Waals surface area contributed by atoms with E-state index in [9.17, 15) is 22.4 Å². The molecule has 1 saturated heterocycles. The molecule has 0 aromatic heterocycles. The highest BCUT2D eigenvalue weighted by Gasteiger charge is 2.33. The van der Waals surface area contributed by atoms with Gasteiger partial charge in [0.2, 0.25) is 0 Å². The number of rotatable bonds is 8. The molecule has 2 aromatic rings. The molecular weight excluding hydrogens is 523 g/mol. The smallest absolute Gasteiger partial charge is 0.331 e. The zero-order chi connectivity index (χ0) is 27.3. The molecule has 202 valence electrons. The molecule has 1 fully saturated rings. The van der Waals surface area contributed by atoms with Crippen molar-refractivity contribution in [3.05, 3.63) is 58.9 Å². The van der Waals surface area contributed by atoms with Gasteiger partial charge < -0.3 is 15.0 Å². The summed E-state index contributed by atoms with van der Waals surface area (Å²) in [6.07, 6.45) is 0. The summed E-state index contributed by atoms with van der Waals surface area (Å²) in [7, 11) is -3.16. The van der Waals surface area contributed by atoms with E-state index in [2.05, 4.69) is 10.2 Å². The van der Waals surface area contributed by atoms with Crippen LogP contribution in [-0.4, -0.2) is 79.8 Å². The van der Waals surface area contributed by atoms with Crippen molar-refractivity contribution in [3.63, 3.8) is 0 Å². The van der Waals surface area contributed by atoms with Crippen molar-refractivity contribution in [2.45, 2.75) is 44.3 Å². The highest BCUT2D eigenvalue weighted by Crippen LogP contribution is 2.30. The van der Waals surface area contributed by atoms with Crippen LogP contribution in [0.3, 0.4) is 0 Å². The molecule has 37 heavy (non-hydrogen) atoms. The minimum absolute atomic E-state index is 0.0439. The molecular formula is C25H32ClFN4O5S. The first kappa shape index (κ1) is 28.7. The molecule has 2 unspecified atom stereocenters. The number of amides is 3. The average molecular weight is 555 g/mol. The van der Waals surface area contributed by atoms with Crippen LogP contribution in [0.5, 0.6) is 5.75 Å². The third-order valence-corrected chi connectivity index (χ3v) is 8.24. The summed E-state index contributed by atoms with van der Waals surface area (Å²) in [4.78, 5) is 28.8. The van der Waals surface area contributed by atoms with Crippen molar-refractivity contribution in [1.82, 2.24) is 19.4 Å². The van der Waals surface area contributed by atoms with Gasteiger partial charge in [0.05, 0.1) is 0 Å². The molecule has 0 saturated carbocycles. The van der Waals surface area contributed by atoms with Crippen molar-refractivity contribution in [2.75, 3.05) is 33.3 Å². The Morgan fingerprint density at radius 2 is 1.81 bits per heavy atom. The van der Waals surface area contributed by atoms with E-state index < -0.39 is 16.1 Å². The van der Waals surface area contributed by atoms with Gasteiger partial charge >= 0.3 is 6.03 Å². The van der Waals surface area contributed by atoms with E-state index in [4.69, 9.17) is 16.3 Å². The Morgan fingerprint density at radius 3 is 2.46 bits per heavy atom. The Hall–Kier alpha value is -2.89. The molecule has 0 aliphatic carbocycles. The molecule has 0 bridgehead atoms. The van der Waals surface area contributed by atoms with Crippen LogP contribution in [0.2, 0.25) is 5.02 Å². The van der Waals surface area contributed by atoms with E-state index in [1.807, 2.05) is 13.8 Å². The van der Waals surface area contributed by atoms with Gasteiger partial charge in [0.25, 0.3) is 15.9 Å². The summed E-state index contributed by atoms with van der Waals surface area (Å²) in [6, 6.07) is 9.48. The van der Waals surface area contributed by atoms with E-state index in [0.29, 0.717) is 23.9 Å². The van der Waals surface area contributed by atoms with Gasteiger partial charge in [-0.1, -0.05) is 23.7 Å². The predicted octanol–water partition coefficient (Wildman–Crippen LogP) is 3.33. The fourth-order valence-electron chi connectivity index (χ4n) is 4.13. The van der Waals surface area contributed by atoms with Gasteiger partial charge in [-0.15, -0.1) is 0 Å². The van der Waals surface area contributed by atoms with E-state index in [1.165, 1.54) is 30.3 Å². The fraction of sp³-hybridized carbons (Fsp3) is 0.440. The van der Waals surface area contributed by atoms with E-state index >= 15 is 0 Å². The number of nitrogens with zero attached hydrogens (tertiary/aromatic N) is 3. The summed E-state index contributed by atoms with van der Waals surface area (Å²) >= 11 is 6.03. The van der Waals surface area contributed by atoms with E-state index in [-0.39, 0.29) is 52.6 Å². The van der Waals surface area contributed by atoms with Crippen molar-refractivity contribution in [1.29, 1.82) is 0 Å². The lowest BCUT2D eigenvalue weighted by Gasteiger charge is -2.44. The molecule has 1 N–H and O–H groups in total. The van der Waals surface area contributed by atoms with Gasteiger partial charge in [-0.05, 0) is 56.7 Å². The number of carbonyl (C=O) groups excluding carboxylic acids is 2. The molecule has 3 rings (SSSR count). The summed E-state index contributed by atoms with van der Waals surface area (Å²) in [5.41, 5.74) is 0.984. The molecule has 1 heterocycles. The Kier molecular flexibility index (Phi) is 9.38. The number of ether oxygens (including phenoxy) is 1. The monoisotopic (exact) mass is 554 g/mol. The molecule has 2 aromatic carbocycles. The molecule has 12 heteroatoms. The molecule has 0 radical (unpaired) electrons. The third kappa shape index (κ3) is 6.91. The molecule has 9 nitrogen and oxygen atoms in total. The summed E-state index contributed by atoms with van der Waals surface area (Å²) < 4.78 is 45.6. The lowest BCUT2D eigenvalue weighted by Crippen LogP contribution is -2.58. The zero-order valence-electron chi connectivity index (χ0n) is 21.3. The van der Waals surface area contributed by atoms with Crippen molar-refractivity contribution < 1.29 is 27.1 Å². The van der Waals surface area contributed by atoms with Gasteiger partial charge in [0.1, 0.15) is 16.5 Å². The first-order valence-electron chi connectivity index (χ1n) is 11.9. The second kappa shape index (κ2) is 12.1. The lowest BCUT2D eigenvalue weighted by molar-refractivity contribution is -0.139. The number of hydrogen-bond acceptors (Lipinski definition) is 6. The van der Waals surface area contributed by atoms with Gasteiger partial charge in [0.15, 0.2) is 6.61 Å². The van der Waals surface area contributed by atoms with Crippen LogP contribution in [0.25, 0.3) is 0 Å². The highest BCUT2D eigenvalue weighted by atomic mass is 35.5. The number of carbonyl (C=O) groups is 2. The van der Waals surface area contributed by atoms with Gasteiger partial charge in [0, 0.05) is 50.3 Å². The van der Waals surface area contributed by atoms with Crippen LogP contribution in [0.15, 0.2) is 47.4 Å². The first-order valence-corrected chi connectivity index (χ1v) is 13.7. The zero-order valence-corrected chi connectivity index (χ0v) is 22.9. The summed E-state index contributed by atoms with van der Waals surface area (Å²) in [5.74, 6) is -0.659. The second-order valence-corrected chi connectivity index (χ2v) is 11.4. The maximum absolute atomic E-state index is 13.2. The van der Waals surface area contributed by atoms with Crippen LogP contribution in [-0.2, 0) is 21.4 Å². The number of nitrogens with one attached hydrogen (secondary N) is 1. The Balaban J connectivity index is 1.68. The summed E-state index contributed by atoms with van der Waals surface area (Å²) in [6.45, 7) is 7.18. The van der Waals surface area contributed by atoms with Crippen molar-refractivity contribution in [3.8, 4) is 5.75 Å². The maximum atomic E-state index is 13.2. The predicted molar refractivity (Wildman–Crippen MR) is 138 cm³/mol. The number of hydrogen-bond donors (Lipinski definition) is 1. The van der Waals surface area contributed by atoms with Gasteiger partial charge in [-0.25, -0.2) is 21.9 Å². The number of halogens is 2. The summed E-state index contributed by atoms with van der Waals surface area (Å²) in [5, 5.41) is 2.57. The number of benzene rings is 2. The Bertz CT molecular complexity index is 1230. The van der Waals surface area contributed by atoms with Crippen LogP contribution >= 0.6 is 11.6 Å². The van der Waals surface area contributed by atoms with Gasteiger partial charge in [-0.2, -0.15) is 0 Å². The Labute approximate surface area is 222 Å². The minimum atomic E-state index is -4.29. The molecule has 1 aliphatic rings. The lowest BCUT2D eigenvalue weighted by atomic mass is 10.1. The van der Waals surface area contributed by atoms with Crippen LogP contribution in [0.1, 0.15) is 26.3 Å².